The number of aliphatic hydroxyl groups excluding tert-OH is 1. The van der Waals surface area contributed by atoms with E-state index >= 15 is 0 Å². The van der Waals surface area contributed by atoms with Crippen LogP contribution in [-0.4, -0.2) is 16.8 Å². The Hall–Kier alpha value is -1.02. The molecule has 0 spiro atoms. The van der Waals surface area contributed by atoms with E-state index in [0.29, 0.717) is 5.75 Å². The molecule has 0 heterocycles. The van der Waals surface area contributed by atoms with Gasteiger partial charge in [-0.1, -0.05) is 32.9 Å². The number of rotatable bonds is 0. The van der Waals surface area contributed by atoms with Gasteiger partial charge < -0.3 is 10.2 Å². The molecule has 14 heavy (non-hydrogen) atoms. The molecule has 0 saturated carbocycles. The third kappa shape index (κ3) is 4.87. The summed E-state index contributed by atoms with van der Waals surface area (Å²) in [6.45, 7) is 8.39. The molecule has 0 aliphatic carbocycles. The molecule has 0 unspecified atom stereocenters. The van der Waals surface area contributed by atoms with Gasteiger partial charge in [0.15, 0.2) is 0 Å². The summed E-state index contributed by atoms with van der Waals surface area (Å²) < 4.78 is 0. The molecule has 0 fully saturated rings. The number of hydrogen-bond acceptors (Lipinski definition) is 2. The van der Waals surface area contributed by atoms with Crippen LogP contribution >= 0.6 is 0 Å². The van der Waals surface area contributed by atoms with Gasteiger partial charge in [0.2, 0.25) is 0 Å². The second kappa shape index (κ2) is 5.66. The minimum absolute atomic E-state index is 0.174. The Morgan fingerprint density at radius 2 is 1.43 bits per heavy atom. The van der Waals surface area contributed by atoms with E-state index in [1.807, 2.05) is 12.1 Å². The first kappa shape index (κ1) is 13.0. The molecule has 0 aliphatic heterocycles. The van der Waals surface area contributed by atoms with Crippen LogP contribution in [0, 0.1) is 0 Å². The lowest BCUT2D eigenvalue weighted by Crippen LogP contribution is -2.10. The molecule has 2 heteroatoms. The van der Waals surface area contributed by atoms with Gasteiger partial charge >= 0.3 is 0 Å². The number of benzene rings is 1. The summed E-state index contributed by atoms with van der Waals surface area (Å²) in [5, 5.41) is 16.6. The Kier molecular flexibility index (Phi) is 5.24. The van der Waals surface area contributed by atoms with Crippen molar-refractivity contribution in [3.05, 3.63) is 29.8 Å². The SMILES string of the molecule is CC(C)(C)c1ccc(O)cc1.CCO. The molecule has 1 rings (SSSR count). The summed E-state index contributed by atoms with van der Waals surface area (Å²) in [4.78, 5) is 0. The van der Waals surface area contributed by atoms with Crippen molar-refractivity contribution in [2.75, 3.05) is 6.61 Å². The van der Waals surface area contributed by atoms with Crippen molar-refractivity contribution in [1.29, 1.82) is 0 Å². The summed E-state index contributed by atoms with van der Waals surface area (Å²) in [7, 11) is 0. The maximum atomic E-state index is 9.02. The predicted octanol–water partition coefficient (Wildman–Crippen LogP) is 2.69. The van der Waals surface area contributed by atoms with Crippen molar-refractivity contribution < 1.29 is 10.2 Å². The van der Waals surface area contributed by atoms with Gasteiger partial charge in [-0.2, -0.15) is 0 Å². The minimum atomic E-state index is 0.174. The van der Waals surface area contributed by atoms with E-state index < -0.39 is 0 Å². The van der Waals surface area contributed by atoms with Gasteiger partial charge in [-0.3, -0.25) is 0 Å². The predicted molar refractivity (Wildman–Crippen MR) is 59.6 cm³/mol. The van der Waals surface area contributed by atoms with E-state index in [1.54, 1.807) is 19.1 Å². The molecule has 0 radical (unpaired) electrons. The summed E-state index contributed by atoms with van der Waals surface area (Å²) in [5.74, 6) is 0.331. The summed E-state index contributed by atoms with van der Waals surface area (Å²) in [6, 6.07) is 7.35. The van der Waals surface area contributed by atoms with Crippen LogP contribution in [0.3, 0.4) is 0 Å². The van der Waals surface area contributed by atoms with Crippen molar-refractivity contribution in [3.8, 4) is 5.75 Å². The second-order valence-corrected chi connectivity index (χ2v) is 4.11. The quantitative estimate of drug-likeness (QED) is 0.669. The largest absolute Gasteiger partial charge is 0.508 e. The number of hydrogen-bond donors (Lipinski definition) is 2. The minimum Gasteiger partial charge on any atom is -0.508 e. The van der Waals surface area contributed by atoms with E-state index in [1.165, 1.54) is 5.56 Å². The standard InChI is InChI=1S/C10H14O.C2H6O/c1-10(2,3)8-4-6-9(11)7-5-8;1-2-3/h4-7,11H,1-3H3;3H,2H2,1H3. The molecular formula is C12H20O2. The number of aliphatic hydroxyl groups is 1. The van der Waals surface area contributed by atoms with Crippen LogP contribution in [0.1, 0.15) is 33.3 Å². The van der Waals surface area contributed by atoms with Gasteiger partial charge in [-0.15, -0.1) is 0 Å². The maximum Gasteiger partial charge on any atom is 0.115 e. The fraction of sp³-hybridized carbons (Fsp3) is 0.500. The van der Waals surface area contributed by atoms with Crippen molar-refractivity contribution in [1.82, 2.24) is 0 Å². The van der Waals surface area contributed by atoms with Crippen LogP contribution in [0.15, 0.2) is 24.3 Å². The Labute approximate surface area is 86.2 Å². The lowest BCUT2D eigenvalue weighted by Gasteiger charge is -2.18. The van der Waals surface area contributed by atoms with Gasteiger partial charge in [-0.25, -0.2) is 0 Å². The topological polar surface area (TPSA) is 40.5 Å². The van der Waals surface area contributed by atoms with Crippen LogP contribution < -0.4 is 0 Å². The molecule has 0 atom stereocenters. The zero-order valence-corrected chi connectivity index (χ0v) is 9.41. The molecule has 1 aromatic rings. The third-order valence-electron chi connectivity index (χ3n) is 1.73. The third-order valence-corrected chi connectivity index (χ3v) is 1.73. The van der Waals surface area contributed by atoms with Crippen molar-refractivity contribution in [2.24, 2.45) is 0 Å². The zero-order chi connectivity index (χ0) is 11.2. The second-order valence-electron chi connectivity index (χ2n) is 4.11. The van der Waals surface area contributed by atoms with Crippen molar-refractivity contribution in [2.45, 2.75) is 33.1 Å². The average molecular weight is 196 g/mol. The molecule has 0 saturated heterocycles. The highest BCUT2D eigenvalue weighted by molar-refractivity contribution is 5.29. The molecule has 1 aromatic carbocycles. The highest BCUT2D eigenvalue weighted by Gasteiger charge is 2.12. The van der Waals surface area contributed by atoms with E-state index in [0.717, 1.165) is 0 Å². The fourth-order valence-electron chi connectivity index (χ4n) is 0.961. The molecule has 0 bridgehead atoms. The van der Waals surface area contributed by atoms with Gasteiger partial charge in [-0.05, 0) is 30.0 Å². The van der Waals surface area contributed by atoms with E-state index in [2.05, 4.69) is 20.8 Å². The Morgan fingerprint density at radius 1 is 1.07 bits per heavy atom. The summed E-state index contributed by atoms with van der Waals surface area (Å²) in [6.07, 6.45) is 0. The van der Waals surface area contributed by atoms with Crippen LogP contribution in [0.2, 0.25) is 0 Å². The lowest BCUT2D eigenvalue weighted by molar-refractivity contribution is 0.318. The smallest absolute Gasteiger partial charge is 0.115 e. The van der Waals surface area contributed by atoms with E-state index in [9.17, 15) is 0 Å². The highest BCUT2D eigenvalue weighted by Crippen LogP contribution is 2.23. The molecule has 0 aromatic heterocycles. The average Bonchev–Trinajstić information content (AvgIpc) is 2.04. The lowest BCUT2D eigenvalue weighted by atomic mass is 9.87. The van der Waals surface area contributed by atoms with Crippen molar-refractivity contribution >= 4 is 0 Å². The number of phenolic OH excluding ortho intramolecular Hbond substituents is 1. The van der Waals surface area contributed by atoms with Crippen LogP contribution in [0.25, 0.3) is 0 Å². The Balaban J connectivity index is 0.000000500. The molecule has 0 aliphatic rings. The van der Waals surface area contributed by atoms with Crippen LogP contribution in [-0.2, 0) is 5.41 Å². The molecular weight excluding hydrogens is 176 g/mol. The molecule has 80 valence electrons. The first-order chi connectivity index (χ1) is 6.41. The summed E-state index contributed by atoms with van der Waals surface area (Å²) in [5.41, 5.74) is 1.42. The normalized spacial score (nSPS) is 10.4. The summed E-state index contributed by atoms with van der Waals surface area (Å²) >= 11 is 0. The highest BCUT2D eigenvalue weighted by atomic mass is 16.3. The first-order valence-corrected chi connectivity index (χ1v) is 4.82. The maximum absolute atomic E-state index is 9.02. The van der Waals surface area contributed by atoms with Gasteiger partial charge in [0.25, 0.3) is 0 Å². The number of phenols is 1. The molecule has 0 amide bonds. The van der Waals surface area contributed by atoms with Crippen LogP contribution in [0.4, 0.5) is 0 Å². The van der Waals surface area contributed by atoms with Gasteiger partial charge in [0.05, 0.1) is 0 Å². The van der Waals surface area contributed by atoms with E-state index in [4.69, 9.17) is 10.2 Å². The molecule has 2 nitrogen and oxygen atoms in total. The fourth-order valence-corrected chi connectivity index (χ4v) is 0.961. The van der Waals surface area contributed by atoms with Crippen LogP contribution in [0.5, 0.6) is 5.75 Å². The van der Waals surface area contributed by atoms with E-state index in [-0.39, 0.29) is 12.0 Å². The zero-order valence-electron chi connectivity index (χ0n) is 9.41. The molecule has 2 N–H and O–H groups in total. The Bertz CT molecular complexity index is 244. The monoisotopic (exact) mass is 196 g/mol. The Morgan fingerprint density at radius 3 is 1.71 bits per heavy atom. The van der Waals surface area contributed by atoms with Gasteiger partial charge in [0, 0.05) is 6.61 Å². The van der Waals surface area contributed by atoms with Gasteiger partial charge in [0.1, 0.15) is 5.75 Å². The first-order valence-electron chi connectivity index (χ1n) is 4.82. The number of aromatic hydroxyl groups is 1. The van der Waals surface area contributed by atoms with Crippen molar-refractivity contribution in [3.63, 3.8) is 0 Å².